The highest BCUT2D eigenvalue weighted by molar-refractivity contribution is 6.11. The first-order valence-corrected chi connectivity index (χ1v) is 8.95. The van der Waals surface area contributed by atoms with Crippen molar-refractivity contribution in [2.24, 2.45) is 0 Å². The summed E-state index contributed by atoms with van der Waals surface area (Å²) in [5.74, 6) is -0.389. The van der Waals surface area contributed by atoms with Crippen LogP contribution in [-0.2, 0) is 6.54 Å². The molecule has 3 aromatic rings. The zero-order valence-corrected chi connectivity index (χ0v) is 15.1. The Morgan fingerprint density at radius 3 is 2.48 bits per heavy atom. The molecule has 0 aliphatic rings. The molecule has 0 aliphatic carbocycles. The number of hydrogen-bond acceptors (Lipinski definition) is 4. The van der Waals surface area contributed by atoms with Crippen molar-refractivity contribution in [3.05, 3.63) is 70.1 Å². The number of hydrogen-bond donors (Lipinski definition) is 1. The van der Waals surface area contributed by atoms with Crippen LogP contribution in [0, 0.1) is 11.3 Å². The number of aromatic nitrogens is 2. The smallest absolute Gasteiger partial charge is 0.276 e. The van der Waals surface area contributed by atoms with Gasteiger partial charge in [0.05, 0.1) is 17.0 Å². The third-order valence-corrected chi connectivity index (χ3v) is 4.33. The van der Waals surface area contributed by atoms with Crippen molar-refractivity contribution in [1.82, 2.24) is 9.78 Å². The van der Waals surface area contributed by atoms with Crippen molar-refractivity contribution < 1.29 is 4.79 Å². The molecule has 2 aromatic carbocycles. The minimum absolute atomic E-state index is 0.184. The summed E-state index contributed by atoms with van der Waals surface area (Å²) in [7, 11) is 0. The van der Waals surface area contributed by atoms with Crippen molar-refractivity contribution in [3.8, 4) is 6.07 Å². The Bertz CT molecular complexity index is 1060. The molecule has 27 heavy (non-hydrogen) atoms. The van der Waals surface area contributed by atoms with Crippen LogP contribution in [0.4, 0.5) is 5.69 Å². The van der Waals surface area contributed by atoms with Crippen LogP contribution >= 0.6 is 0 Å². The topological polar surface area (TPSA) is 87.8 Å². The Balaban J connectivity index is 1.98. The lowest BCUT2D eigenvalue weighted by Crippen LogP contribution is -2.27. The molecule has 1 aromatic heterocycles. The third kappa shape index (κ3) is 4.04. The normalized spacial score (nSPS) is 10.5. The molecule has 3 rings (SSSR count). The van der Waals surface area contributed by atoms with Gasteiger partial charge in [0, 0.05) is 17.6 Å². The first-order chi connectivity index (χ1) is 13.1. The average molecular weight is 360 g/mol. The summed E-state index contributed by atoms with van der Waals surface area (Å²) in [5.41, 5.74) is 1.11. The number of carbonyl (C=O) groups excluding carboxylic acids is 1. The van der Waals surface area contributed by atoms with Gasteiger partial charge >= 0.3 is 0 Å². The number of fused-ring (bicyclic) bond motifs is 1. The van der Waals surface area contributed by atoms with Gasteiger partial charge < -0.3 is 5.32 Å². The first-order valence-electron chi connectivity index (χ1n) is 8.95. The predicted octanol–water partition coefficient (Wildman–Crippen LogP) is 3.71. The van der Waals surface area contributed by atoms with E-state index in [2.05, 4.69) is 17.3 Å². The largest absolute Gasteiger partial charge is 0.321 e. The van der Waals surface area contributed by atoms with E-state index in [1.807, 2.05) is 6.07 Å². The molecule has 0 fully saturated rings. The van der Waals surface area contributed by atoms with Gasteiger partial charge in [-0.3, -0.25) is 9.59 Å². The Morgan fingerprint density at radius 2 is 1.81 bits per heavy atom. The summed E-state index contributed by atoms with van der Waals surface area (Å²) >= 11 is 0. The van der Waals surface area contributed by atoms with Gasteiger partial charge in [-0.1, -0.05) is 38.0 Å². The fourth-order valence-corrected chi connectivity index (χ4v) is 2.88. The molecule has 0 spiro atoms. The van der Waals surface area contributed by atoms with Crippen LogP contribution in [0.2, 0.25) is 0 Å². The number of nitriles is 1. The van der Waals surface area contributed by atoms with Gasteiger partial charge in [-0.25, -0.2) is 4.68 Å². The molecule has 0 saturated heterocycles. The number of unbranched alkanes of at least 4 members (excludes halogenated alkanes) is 2. The number of anilines is 1. The molecule has 0 radical (unpaired) electrons. The van der Waals surface area contributed by atoms with Gasteiger partial charge in [-0.15, -0.1) is 0 Å². The lowest BCUT2D eigenvalue weighted by Gasteiger charge is -2.11. The van der Waals surface area contributed by atoms with Crippen molar-refractivity contribution in [3.63, 3.8) is 0 Å². The Hall–Kier alpha value is -3.46. The van der Waals surface area contributed by atoms with E-state index in [9.17, 15) is 9.59 Å². The fourth-order valence-electron chi connectivity index (χ4n) is 2.88. The predicted molar refractivity (Wildman–Crippen MR) is 105 cm³/mol. The average Bonchev–Trinajstić information content (AvgIpc) is 2.70. The molecule has 0 saturated carbocycles. The number of benzene rings is 2. The minimum atomic E-state index is -0.389. The van der Waals surface area contributed by atoms with Crippen LogP contribution < -0.4 is 10.9 Å². The highest BCUT2D eigenvalue weighted by Gasteiger charge is 2.16. The number of carbonyl (C=O) groups is 1. The Labute approximate surface area is 157 Å². The summed E-state index contributed by atoms with van der Waals surface area (Å²) in [6.45, 7) is 2.57. The number of nitrogens with one attached hydrogen (secondary N) is 1. The summed E-state index contributed by atoms with van der Waals surface area (Å²) in [4.78, 5) is 25.5. The van der Waals surface area contributed by atoms with E-state index < -0.39 is 0 Å². The number of rotatable bonds is 6. The zero-order valence-electron chi connectivity index (χ0n) is 15.1. The lowest BCUT2D eigenvalue weighted by atomic mass is 10.1. The SMILES string of the molecule is CCCCCn1nc(C(=O)Nc2ccc(C#N)cc2)c2ccccc2c1=O. The number of amides is 1. The van der Waals surface area contributed by atoms with E-state index in [4.69, 9.17) is 5.26 Å². The van der Waals surface area contributed by atoms with E-state index >= 15 is 0 Å². The number of aryl methyl sites for hydroxylation is 1. The van der Waals surface area contributed by atoms with E-state index in [1.54, 1.807) is 48.5 Å². The Kier molecular flexibility index (Phi) is 5.62. The van der Waals surface area contributed by atoms with Crippen molar-refractivity contribution >= 4 is 22.4 Å². The molecule has 6 heteroatoms. The lowest BCUT2D eigenvalue weighted by molar-refractivity contribution is 0.102. The summed E-state index contributed by atoms with van der Waals surface area (Å²) in [6, 6.07) is 15.6. The molecular formula is C21H20N4O2. The summed E-state index contributed by atoms with van der Waals surface area (Å²) in [5, 5.41) is 17.0. The maximum Gasteiger partial charge on any atom is 0.276 e. The standard InChI is InChI=1S/C21H20N4O2/c1-2-3-6-13-25-21(27)18-8-5-4-7-17(18)19(24-25)20(26)23-16-11-9-15(14-22)10-12-16/h4-5,7-12H,2-3,6,13H2,1H3,(H,23,26). The van der Waals surface area contributed by atoms with Gasteiger partial charge in [-0.2, -0.15) is 10.4 Å². The second kappa shape index (κ2) is 8.28. The monoisotopic (exact) mass is 360 g/mol. The second-order valence-electron chi connectivity index (χ2n) is 6.27. The van der Waals surface area contributed by atoms with Crippen LogP contribution in [-0.4, -0.2) is 15.7 Å². The van der Waals surface area contributed by atoms with Crippen LogP contribution in [0.5, 0.6) is 0 Å². The van der Waals surface area contributed by atoms with E-state index in [-0.39, 0.29) is 17.2 Å². The quantitative estimate of drug-likeness (QED) is 0.679. The van der Waals surface area contributed by atoms with Crippen molar-refractivity contribution in [2.75, 3.05) is 5.32 Å². The molecule has 1 N–H and O–H groups in total. The summed E-state index contributed by atoms with van der Waals surface area (Å²) < 4.78 is 1.38. The highest BCUT2D eigenvalue weighted by atomic mass is 16.2. The number of nitrogens with zero attached hydrogens (tertiary/aromatic N) is 3. The van der Waals surface area contributed by atoms with Gasteiger partial charge in [0.2, 0.25) is 0 Å². The zero-order chi connectivity index (χ0) is 19.2. The molecule has 0 atom stereocenters. The van der Waals surface area contributed by atoms with Crippen LogP contribution in [0.15, 0.2) is 53.3 Å². The van der Waals surface area contributed by atoms with E-state index in [1.165, 1.54) is 4.68 Å². The van der Waals surface area contributed by atoms with Gasteiger partial charge in [0.15, 0.2) is 5.69 Å². The van der Waals surface area contributed by atoms with Gasteiger partial charge in [0.25, 0.3) is 11.5 Å². The van der Waals surface area contributed by atoms with E-state index in [0.29, 0.717) is 28.6 Å². The molecule has 1 heterocycles. The van der Waals surface area contributed by atoms with Crippen molar-refractivity contribution in [1.29, 1.82) is 5.26 Å². The molecule has 6 nitrogen and oxygen atoms in total. The summed E-state index contributed by atoms with van der Waals surface area (Å²) in [6.07, 6.45) is 2.86. The minimum Gasteiger partial charge on any atom is -0.321 e. The van der Waals surface area contributed by atoms with Crippen LogP contribution in [0.3, 0.4) is 0 Å². The maximum atomic E-state index is 12.8. The van der Waals surface area contributed by atoms with Gasteiger partial charge in [0.1, 0.15) is 0 Å². The molecule has 1 amide bonds. The maximum absolute atomic E-state index is 12.8. The molecule has 136 valence electrons. The van der Waals surface area contributed by atoms with Crippen LogP contribution in [0.25, 0.3) is 10.8 Å². The first kappa shape index (κ1) is 18.3. The van der Waals surface area contributed by atoms with E-state index in [0.717, 1.165) is 19.3 Å². The molecular weight excluding hydrogens is 340 g/mol. The van der Waals surface area contributed by atoms with Crippen molar-refractivity contribution in [2.45, 2.75) is 32.7 Å². The van der Waals surface area contributed by atoms with Crippen LogP contribution in [0.1, 0.15) is 42.2 Å². The molecule has 0 unspecified atom stereocenters. The highest BCUT2D eigenvalue weighted by Crippen LogP contribution is 2.16. The fraction of sp³-hybridized carbons (Fsp3) is 0.238. The second-order valence-corrected chi connectivity index (χ2v) is 6.27. The Morgan fingerprint density at radius 1 is 1.11 bits per heavy atom. The van der Waals surface area contributed by atoms with Gasteiger partial charge in [-0.05, 0) is 36.8 Å². The third-order valence-electron chi connectivity index (χ3n) is 4.33. The molecule has 0 aliphatic heterocycles. The molecule has 0 bridgehead atoms.